The zero-order chi connectivity index (χ0) is 33.1. The monoisotopic (exact) mass is 665 g/mol. The topological polar surface area (TPSA) is 151 Å². The molecular formula is C31H30ClF2N9O4. The number of ether oxygens (including phenoxy) is 1. The number of aliphatic hydroxyl groups excluding tert-OH is 1. The second-order valence-corrected chi connectivity index (χ2v) is 11.4. The minimum atomic E-state index is -1.22. The molecule has 244 valence electrons. The Morgan fingerprint density at radius 3 is 2.62 bits per heavy atom. The lowest BCUT2D eigenvalue weighted by atomic mass is 10.1. The van der Waals surface area contributed by atoms with Gasteiger partial charge in [0.15, 0.2) is 29.6 Å². The number of urea groups is 1. The number of carbonyl (C=O) groups is 2. The number of fused-ring (bicyclic) bond motifs is 1. The Morgan fingerprint density at radius 1 is 1.09 bits per heavy atom. The van der Waals surface area contributed by atoms with Gasteiger partial charge < -0.3 is 35.2 Å². The Labute approximate surface area is 272 Å². The lowest BCUT2D eigenvalue weighted by Crippen LogP contribution is -2.59. The van der Waals surface area contributed by atoms with Crippen molar-refractivity contribution in [3.8, 4) is 23.1 Å². The number of hydrogen-bond acceptors (Lipinski definition) is 9. The fourth-order valence-corrected chi connectivity index (χ4v) is 5.91. The van der Waals surface area contributed by atoms with Gasteiger partial charge in [-0.25, -0.2) is 19.2 Å². The minimum Gasteiger partial charge on any atom is -0.476 e. The second-order valence-electron chi connectivity index (χ2n) is 11.0. The first-order valence-electron chi connectivity index (χ1n) is 14.8. The summed E-state index contributed by atoms with van der Waals surface area (Å²) >= 11 is 6.57. The summed E-state index contributed by atoms with van der Waals surface area (Å²) in [7, 11) is 0. The molecule has 2 saturated heterocycles. The van der Waals surface area contributed by atoms with Crippen LogP contribution in [0.5, 0.6) is 5.75 Å². The van der Waals surface area contributed by atoms with E-state index >= 15 is 0 Å². The molecule has 0 radical (unpaired) electrons. The number of hydrogen-bond donors (Lipinski definition) is 3. The van der Waals surface area contributed by atoms with Gasteiger partial charge >= 0.3 is 6.03 Å². The highest BCUT2D eigenvalue weighted by atomic mass is 35.5. The molecular weight excluding hydrogens is 636 g/mol. The summed E-state index contributed by atoms with van der Waals surface area (Å²) < 4.78 is 36.1. The van der Waals surface area contributed by atoms with Crippen LogP contribution in [0.25, 0.3) is 16.9 Å². The number of rotatable bonds is 7. The Morgan fingerprint density at radius 2 is 1.87 bits per heavy atom. The van der Waals surface area contributed by atoms with Crippen LogP contribution in [0.2, 0.25) is 5.02 Å². The number of aliphatic hydroxyl groups is 1. The molecule has 4 aromatic rings. The van der Waals surface area contributed by atoms with Crippen LogP contribution < -0.4 is 15.4 Å². The predicted molar refractivity (Wildman–Crippen MR) is 168 cm³/mol. The summed E-state index contributed by atoms with van der Waals surface area (Å²) in [6.07, 6.45) is 4.40. The third-order valence-electron chi connectivity index (χ3n) is 8.09. The standard InChI is InChI=1S/C31H30ClF2N9O4/c32-23-15-19(1-2-21(23)30(45)40-10-12-41(13-11-40)31(46)42-8-6-36-20(17-42)18-44)39-28-29-38-16-24(43(29)9-7-37-28)22-3-4-25(47-14-5-35)27(34)26(22)33/h1-4,7,9,15-16,20,36,44H,6,8,10-14,17-18H2,(H,37,39)/t20-/m0/s1. The van der Waals surface area contributed by atoms with Crippen LogP contribution in [0.15, 0.2) is 48.9 Å². The molecule has 3 amide bonds. The number of nitrogens with one attached hydrogen (secondary N) is 2. The van der Waals surface area contributed by atoms with Crippen molar-refractivity contribution in [2.45, 2.75) is 6.04 Å². The highest BCUT2D eigenvalue weighted by Gasteiger charge is 2.31. The van der Waals surface area contributed by atoms with Crippen LogP contribution in [0.1, 0.15) is 10.4 Å². The first-order valence-corrected chi connectivity index (χ1v) is 15.2. The number of benzene rings is 2. The zero-order valence-electron chi connectivity index (χ0n) is 25.0. The zero-order valence-corrected chi connectivity index (χ0v) is 25.8. The van der Waals surface area contributed by atoms with Gasteiger partial charge in [-0.1, -0.05) is 11.6 Å². The molecule has 4 heterocycles. The molecule has 0 saturated carbocycles. The molecule has 0 unspecified atom stereocenters. The summed E-state index contributed by atoms with van der Waals surface area (Å²) in [5, 5.41) is 24.6. The SMILES string of the molecule is N#CCOc1ccc(-c2cnc3c(Nc4ccc(C(=O)N5CCN(C(=O)N6CCN[C@H](CO)C6)CC5)c(Cl)c4)nccn23)c(F)c1F. The first-order chi connectivity index (χ1) is 22.8. The van der Waals surface area contributed by atoms with Crippen molar-refractivity contribution in [2.24, 2.45) is 0 Å². The van der Waals surface area contributed by atoms with Crippen LogP contribution in [0, 0.1) is 23.0 Å². The summed E-state index contributed by atoms with van der Waals surface area (Å²) in [5.74, 6) is -2.69. The van der Waals surface area contributed by atoms with Crippen LogP contribution in [0.3, 0.4) is 0 Å². The molecule has 6 rings (SSSR count). The van der Waals surface area contributed by atoms with Crippen molar-refractivity contribution < 1.29 is 28.2 Å². The first kappa shape index (κ1) is 31.9. The van der Waals surface area contributed by atoms with Crippen molar-refractivity contribution in [3.05, 3.63) is 71.1 Å². The van der Waals surface area contributed by atoms with Gasteiger partial charge in [0.2, 0.25) is 5.82 Å². The fourth-order valence-electron chi connectivity index (χ4n) is 5.65. The van der Waals surface area contributed by atoms with E-state index < -0.39 is 18.2 Å². The van der Waals surface area contributed by atoms with Crippen molar-refractivity contribution >= 4 is 40.7 Å². The van der Waals surface area contributed by atoms with Gasteiger partial charge in [0.1, 0.15) is 6.07 Å². The molecule has 1 atom stereocenters. The molecule has 2 aromatic carbocycles. The van der Waals surface area contributed by atoms with Crippen molar-refractivity contribution in [1.29, 1.82) is 5.26 Å². The van der Waals surface area contributed by atoms with Crippen molar-refractivity contribution in [1.82, 2.24) is 34.4 Å². The number of nitriles is 1. The van der Waals surface area contributed by atoms with E-state index in [-0.39, 0.29) is 46.6 Å². The average molecular weight is 666 g/mol. The molecule has 2 fully saturated rings. The number of halogens is 3. The van der Waals surface area contributed by atoms with Crippen LogP contribution in [0.4, 0.5) is 25.1 Å². The molecule has 2 aliphatic rings. The molecule has 16 heteroatoms. The van der Waals surface area contributed by atoms with E-state index in [1.54, 1.807) is 49.6 Å². The number of amides is 3. The molecule has 47 heavy (non-hydrogen) atoms. The number of aromatic nitrogens is 3. The highest BCUT2D eigenvalue weighted by molar-refractivity contribution is 6.34. The average Bonchev–Trinajstić information content (AvgIpc) is 3.53. The smallest absolute Gasteiger partial charge is 0.320 e. The van der Waals surface area contributed by atoms with Crippen LogP contribution in [-0.2, 0) is 0 Å². The summed E-state index contributed by atoms with van der Waals surface area (Å²) in [6.45, 7) is 2.61. The van der Waals surface area contributed by atoms with Gasteiger partial charge in [-0.15, -0.1) is 0 Å². The fraction of sp³-hybridized carbons (Fsp3) is 0.323. The van der Waals surface area contributed by atoms with E-state index in [1.807, 2.05) is 0 Å². The number of imidazole rings is 1. The molecule has 2 aliphatic heterocycles. The van der Waals surface area contributed by atoms with Crippen LogP contribution >= 0.6 is 11.6 Å². The summed E-state index contributed by atoms with van der Waals surface area (Å²) in [4.78, 5) is 40.1. The molecule has 0 aliphatic carbocycles. The number of nitrogens with zero attached hydrogens (tertiary/aromatic N) is 7. The molecule has 0 bridgehead atoms. The van der Waals surface area contributed by atoms with Crippen molar-refractivity contribution in [2.75, 3.05) is 64.3 Å². The Balaban J connectivity index is 1.13. The number of anilines is 2. The van der Waals surface area contributed by atoms with E-state index in [1.165, 1.54) is 24.5 Å². The van der Waals surface area contributed by atoms with E-state index in [2.05, 4.69) is 20.6 Å². The third kappa shape index (κ3) is 6.48. The number of carbonyl (C=O) groups excluding carboxylic acids is 2. The van der Waals surface area contributed by atoms with E-state index in [4.69, 9.17) is 21.6 Å². The third-order valence-corrected chi connectivity index (χ3v) is 8.40. The molecule has 13 nitrogen and oxygen atoms in total. The maximum atomic E-state index is 15.0. The molecule has 3 N–H and O–H groups in total. The summed E-state index contributed by atoms with van der Waals surface area (Å²) in [6, 6.07) is 8.91. The van der Waals surface area contributed by atoms with Gasteiger partial charge in [0.25, 0.3) is 5.91 Å². The highest BCUT2D eigenvalue weighted by Crippen LogP contribution is 2.32. The Bertz CT molecular complexity index is 1860. The molecule has 0 spiro atoms. The van der Waals surface area contributed by atoms with Crippen molar-refractivity contribution in [3.63, 3.8) is 0 Å². The maximum absolute atomic E-state index is 15.0. The number of piperazine rings is 2. The van der Waals surface area contributed by atoms with Crippen LogP contribution in [-0.4, -0.2) is 111 Å². The van der Waals surface area contributed by atoms with E-state index in [0.717, 1.165) is 0 Å². The Kier molecular flexibility index (Phi) is 9.34. The van der Waals surface area contributed by atoms with Gasteiger partial charge in [-0.3, -0.25) is 9.20 Å². The van der Waals surface area contributed by atoms with Gasteiger partial charge in [-0.2, -0.15) is 9.65 Å². The molecule has 2 aromatic heterocycles. The normalized spacial score (nSPS) is 16.7. The maximum Gasteiger partial charge on any atom is 0.320 e. The second kappa shape index (κ2) is 13.8. The quantitative estimate of drug-likeness (QED) is 0.271. The minimum absolute atomic E-state index is 0.0428. The van der Waals surface area contributed by atoms with Gasteiger partial charge in [0, 0.05) is 75.5 Å². The predicted octanol–water partition coefficient (Wildman–Crippen LogP) is 3.12. The Hall–Kier alpha value is -5.04. The van der Waals surface area contributed by atoms with Gasteiger partial charge in [-0.05, 0) is 30.3 Å². The summed E-state index contributed by atoms with van der Waals surface area (Å²) in [5.41, 5.74) is 1.34. The largest absolute Gasteiger partial charge is 0.476 e. The van der Waals surface area contributed by atoms with Gasteiger partial charge in [0.05, 0.1) is 29.1 Å². The lowest BCUT2D eigenvalue weighted by molar-refractivity contribution is 0.0621. The lowest BCUT2D eigenvalue weighted by Gasteiger charge is -2.40. The van der Waals surface area contributed by atoms with E-state index in [0.29, 0.717) is 68.5 Å². The van der Waals surface area contributed by atoms with E-state index in [9.17, 15) is 23.5 Å².